The molecule has 0 unspecified atom stereocenters. The summed E-state index contributed by atoms with van der Waals surface area (Å²) in [6, 6.07) is 7.14. The fourth-order valence-electron chi connectivity index (χ4n) is 3.96. The van der Waals surface area contributed by atoms with Crippen LogP contribution in [0.25, 0.3) is 0 Å². The lowest BCUT2D eigenvalue weighted by Gasteiger charge is -2.32. The fourth-order valence-corrected chi connectivity index (χ4v) is 3.96. The SMILES string of the molecule is CCOC(=O)CCNC(=O)N1CCC(c2nc(C)ccc2C(=O)N(C)Cc2ccco2)CC1. The number of urea groups is 1. The van der Waals surface area contributed by atoms with Gasteiger partial charge < -0.3 is 24.3 Å². The molecule has 0 aliphatic carbocycles. The number of rotatable bonds is 8. The van der Waals surface area contributed by atoms with Crippen LogP contribution in [0, 0.1) is 6.92 Å². The first-order valence-electron chi connectivity index (χ1n) is 11.3. The summed E-state index contributed by atoms with van der Waals surface area (Å²) in [4.78, 5) is 45.1. The van der Waals surface area contributed by atoms with E-state index in [4.69, 9.17) is 14.1 Å². The van der Waals surface area contributed by atoms with E-state index in [0.717, 1.165) is 17.1 Å². The van der Waals surface area contributed by atoms with E-state index in [1.54, 1.807) is 36.1 Å². The molecule has 1 aliphatic rings. The third kappa shape index (κ3) is 6.57. The molecular weight excluding hydrogens is 424 g/mol. The van der Waals surface area contributed by atoms with E-state index in [1.165, 1.54) is 0 Å². The zero-order valence-electron chi connectivity index (χ0n) is 19.5. The van der Waals surface area contributed by atoms with Crippen molar-refractivity contribution in [1.82, 2.24) is 20.1 Å². The Morgan fingerprint density at radius 2 is 2.00 bits per heavy atom. The van der Waals surface area contributed by atoms with Gasteiger partial charge in [-0.05, 0) is 51.0 Å². The van der Waals surface area contributed by atoms with E-state index in [2.05, 4.69) is 5.32 Å². The molecule has 1 aliphatic heterocycles. The molecule has 178 valence electrons. The Kier molecular flexibility index (Phi) is 8.46. The molecular formula is C24H32N4O5. The van der Waals surface area contributed by atoms with Crippen LogP contribution in [0.3, 0.4) is 0 Å². The first-order valence-corrected chi connectivity index (χ1v) is 11.3. The number of piperidine rings is 1. The summed E-state index contributed by atoms with van der Waals surface area (Å²) < 4.78 is 10.2. The minimum atomic E-state index is -0.323. The number of nitrogens with one attached hydrogen (secondary N) is 1. The number of esters is 1. The molecule has 3 amide bonds. The Balaban J connectivity index is 1.59. The number of pyridine rings is 1. The molecule has 0 aromatic carbocycles. The highest BCUT2D eigenvalue weighted by molar-refractivity contribution is 5.95. The van der Waals surface area contributed by atoms with E-state index in [0.29, 0.717) is 44.6 Å². The van der Waals surface area contributed by atoms with Crippen LogP contribution in [0.5, 0.6) is 0 Å². The van der Waals surface area contributed by atoms with Crippen LogP contribution in [0.15, 0.2) is 34.9 Å². The van der Waals surface area contributed by atoms with Crippen LogP contribution in [0.1, 0.15) is 59.6 Å². The predicted molar refractivity (Wildman–Crippen MR) is 122 cm³/mol. The number of furan rings is 1. The van der Waals surface area contributed by atoms with Gasteiger partial charge in [-0.25, -0.2) is 4.79 Å². The maximum absolute atomic E-state index is 13.2. The van der Waals surface area contributed by atoms with Gasteiger partial charge in [0.05, 0.1) is 37.1 Å². The highest BCUT2D eigenvalue weighted by Gasteiger charge is 2.29. The lowest BCUT2D eigenvalue weighted by atomic mass is 9.90. The molecule has 9 nitrogen and oxygen atoms in total. The summed E-state index contributed by atoms with van der Waals surface area (Å²) in [5, 5.41) is 2.77. The van der Waals surface area contributed by atoms with E-state index < -0.39 is 0 Å². The van der Waals surface area contributed by atoms with Gasteiger partial charge in [0.1, 0.15) is 5.76 Å². The number of hydrogen-bond donors (Lipinski definition) is 1. The number of nitrogens with zero attached hydrogens (tertiary/aromatic N) is 3. The average Bonchev–Trinajstić information content (AvgIpc) is 3.32. The highest BCUT2D eigenvalue weighted by atomic mass is 16.5. The third-order valence-corrected chi connectivity index (χ3v) is 5.69. The molecule has 3 rings (SSSR count). The lowest BCUT2D eigenvalue weighted by Crippen LogP contribution is -2.45. The summed E-state index contributed by atoms with van der Waals surface area (Å²) >= 11 is 0. The molecule has 9 heteroatoms. The molecule has 1 fully saturated rings. The van der Waals surface area contributed by atoms with Gasteiger partial charge >= 0.3 is 12.0 Å². The van der Waals surface area contributed by atoms with Crippen LogP contribution in [0.4, 0.5) is 4.79 Å². The van der Waals surface area contributed by atoms with Crippen LogP contribution in [0.2, 0.25) is 0 Å². The molecule has 1 saturated heterocycles. The summed E-state index contributed by atoms with van der Waals surface area (Å²) in [6.45, 7) is 5.73. The standard InChI is InChI=1S/C24H32N4O5/c1-4-32-21(29)9-12-25-24(31)28-13-10-18(11-14-28)22-20(8-7-17(2)26-22)23(30)27(3)16-19-6-5-15-33-19/h5-8,15,18H,4,9-14,16H2,1-3H3,(H,25,31). The van der Waals surface area contributed by atoms with Crippen molar-refractivity contribution in [2.45, 2.75) is 45.6 Å². The Labute approximate surface area is 194 Å². The van der Waals surface area contributed by atoms with Crippen molar-refractivity contribution in [1.29, 1.82) is 0 Å². The van der Waals surface area contributed by atoms with Crippen molar-refractivity contribution >= 4 is 17.9 Å². The molecule has 0 radical (unpaired) electrons. The van der Waals surface area contributed by atoms with E-state index in [1.807, 2.05) is 25.1 Å². The van der Waals surface area contributed by atoms with Gasteiger partial charge in [0, 0.05) is 38.3 Å². The van der Waals surface area contributed by atoms with E-state index >= 15 is 0 Å². The van der Waals surface area contributed by atoms with Gasteiger partial charge in [0.15, 0.2) is 0 Å². The van der Waals surface area contributed by atoms with Crippen molar-refractivity contribution in [3.8, 4) is 0 Å². The normalized spacial score (nSPS) is 14.1. The minimum absolute atomic E-state index is 0.0874. The summed E-state index contributed by atoms with van der Waals surface area (Å²) in [6.07, 6.45) is 3.17. The van der Waals surface area contributed by atoms with Gasteiger partial charge in [0.25, 0.3) is 5.91 Å². The first-order chi connectivity index (χ1) is 15.9. The molecule has 2 aromatic rings. The maximum atomic E-state index is 13.2. The van der Waals surface area contributed by atoms with Gasteiger partial charge in [-0.2, -0.15) is 0 Å². The summed E-state index contributed by atoms with van der Waals surface area (Å²) in [7, 11) is 1.75. The highest BCUT2D eigenvalue weighted by Crippen LogP contribution is 2.30. The van der Waals surface area contributed by atoms with E-state index in [9.17, 15) is 14.4 Å². The average molecular weight is 457 g/mol. The number of carbonyl (C=O) groups excluding carboxylic acids is 3. The third-order valence-electron chi connectivity index (χ3n) is 5.69. The van der Waals surface area contributed by atoms with Gasteiger partial charge in [0.2, 0.25) is 0 Å². The second-order valence-corrected chi connectivity index (χ2v) is 8.17. The Bertz CT molecular complexity index is 952. The molecule has 0 saturated carbocycles. The molecule has 1 N–H and O–H groups in total. The van der Waals surface area contributed by atoms with Gasteiger partial charge in [-0.3, -0.25) is 14.6 Å². The van der Waals surface area contributed by atoms with Crippen molar-refractivity contribution in [2.75, 3.05) is 33.3 Å². The van der Waals surface area contributed by atoms with Crippen molar-refractivity contribution in [2.24, 2.45) is 0 Å². The number of ether oxygens (including phenoxy) is 1. The smallest absolute Gasteiger partial charge is 0.317 e. The second-order valence-electron chi connectivity index (χ2n) is 8.17. The Morgan fingerprint density at radius 1 is 1.24 bits per heavy atom. The Morgan fingerprint density at radius 3 is 2.67 bits per heavy atom. The number of amides is 3. The van der Waals surface area contributed by atoms with Gasteiger partial charge in [-0.15, -0.1) is 0 Å². The molecule has 0 bridgehead atoms. The zero-order chi connectivity index (χ0) is 23.8. The van der Waals surface area contributed by atoms with Crippen LogP contribution in [-0.2, 0) is 16.1 Å². The zero-order valence-corrected chi connectivity index (χ0v) is 19.5. The van der Waals surface area contributed by atoms with Crippen molar-refractivity contribution in [3.05, 3.63) is 53.2 Å². The molecule has 0 spiro atoms. The van der Waals surface area contributed by atoms with Crippen molar-refractivity contribution < 1.29 is 23.5 Å². The quantitative estimate of drug-likeness (QED) is 0.612. The number of likely N-dealkylation sites (tertiary alicyclic amines) is 1. The molecule has 3 heterocycles. The monoisotopic (exact) mass is 456 g/mol. The summed E-state index contributed by atoms with van der Waals surface area (Å²) in [5.41, 5.74) is 2.23. The number of carbonyl (C=O) groups is 3. The number of hydrogen-bond acceptors (Lipinski definition) is 6. The van der Waals surface area contributed by atoms with E-state index in [-0.39, 0.29) is 36.8 Å². The molecule has 0 atom stereocenters. The predicted octanol–water partition coefficient (Wildman–Crippen LogP) is 3.10. The van der Waals surface area contributed by atoms with Crippen LogP contribution in [-0.4, -0.2) is 66.0 Å². The lowest BCUT2D eigenvalue weighted by molar-refractivity contribution is -0.142. The summed E-state index contributed by atoms with van der Waals surface area (Å²) in [5.74, 6) is 0.378. The largest absolute Gasteiger partial charge is 0.467 e. The molecule has 33 heavy (non-hydrogen) atoms. The second kappa shape index (κ2) is 11.5. The van der Waals surface area contributed by atoms with Gasteiger partial charge in [-0.1, -0.05) is 0 Å². The van der Waals surface area contributed by atoms with Crippen molar-refractivity contribution in [3.63, 3.8) is 0 Å². The fraction of sp³-hybridized carbons (Fsp3) is 0.500. The first kappa shape index (κ1) is 24.3. The maximum Gasteiger partial charge on any atom is 0.317 e. The van der Waals surface area contributed by atoms with Crippen LogP contribution >= 0.6 is 0 Å². The topological polar surface area (TPSA) is 105 Å². The number of aryl methyl sites for hydroxylation is 1. The Hall–Kier alpha value is -3.36. The number of aromatic nitrogens is 1. The van der Waals surface area contributed by atoms with Crippen LogP contribution < -0.4 is 5.32 Å². The minimum Gasteiger partial charge on any atom is -0.467 e. The molecule has 2 aromatic heterocycles.